The summed E-state index contributed by atoms with van der Waals surface area (Å²) in [4.78, 5) is 24.7. The van der Waals surface area contributed by atoms with Crippen LogP contribution >= 0.6 is 11.8 Å². The van der Waals surface area contributed by atoms with Crippen LogP contribution in [0.2, 0.25) is 0 Å². The number of halogens is 3. The largest absolute Gasteiger partial charge is 0.444 e. The van der Waals surface area contributed by atoms with Crippen LogP contribution in [0.5, 0.6) is 0 Å². The number of thioether (sulfide) groups is 1. The van der Waals surface area contributed by atoms with E-state index in [4.69, 9.17) is 4.74 Å². The van der Waals surface area contributed by atoms with Gasteiger partial charge in [0.2, 0.25) is 5.91 Å². The SMILES string of the molecule is CC(C)(C)OC(=O)N[C@@H](CCSC(F)(F)F)C(=O)NC1CCc2ccccc21. The average molecular weight is 418 g/mol. The lowest BCUT2D eigenvalue weighted by Gasteiger charge is -2.24. The molecule has 0 spiro atoms. The van der Waals surface area contributed by atoms with E-state index in [1.807, 2.05) is 24.3 Å². The highest BCUT2D eigenvalue weighted by atomic mass is 32.2. The van der Waals surface area contributed by atoms with Crippen LogP contribution in [-0.2, 0) is 16.0 Å². The summed E-state index contributed by atoms with van der Waals surface area (Å²) in [6.45, 7) is 4.99. The lowest BCUT2D eigenvalue weighted by Crippen LogP contribution is -2.49. The monoisotopic (exact) mass is 418 g/mol. The van der Waals surface area contributed by atoms with Gasteiger partial charge in [-0.25, -0.2) is 4.79 Å². The number of aryl methyl sites for hydroxylation is 1. The molecule has 2 atom stereocenters. The number of alkyl carbamates (subject to hydrolysis) is 1. The summed E-state index contributed by atoms with van der Waals surface area (Å²) in [5, 5.41) is 5.25. The fraction of sp³-hybridized carbons (Fsp3) is 0.579. The maximum absolute atomic E-state index is 12.7. The molecule has 156 valence electrons. The summed E-state index contributed by atoms with van der Waals surface area (Å²) in [6, 6.07) is 6.37. The summed E-state index contributed by atoms with van der Waals surface area (Å²) in [5.41, 5.74) is -3.04. The molecule has 2 rings (SSSR count). The van der Waals surface area contributed by atoms with Gasteiger partial charge in [0.25, 0.3) is 0 Å². The van der Waals surface area contributed by atoms with Crippen molar-refractivity contribution in [3.05, 3.63) is 35.4 Å². The summed E-state index contributed by atoms with van der Waals surface area (Å²) in [5.74, 6) is -0.867. The number of rotatable bonds is 6. The van der Waals surface area contributed by atoms with Gasteiger partial charge in [-0.1, -0.05) is 36.0 Å². The molecule has 0 saturated heterocycles. The van der Waals surface area contributed by atoms with Crippen molar-refractivity contribution in [2.45, 2.75) is 63.2 Å². The molecule has 1 aliphatic rings. The molecule has 9 heteroatoms. The molecule has 0 radical (unpaired) electrons. The molecular formula is C19H25F3N2O3S. The van der Waals surface area contributed by atoms with Crippen molar-refractivity contribution < 1.29 is 27.5 Å². The van der Waals surface area contributed by atoms with E-state index >= 15 is 0 Å². The van der Waals surface area contributed by atoms with E-state index in [2.05, 4.69) is 10.6 Å². The van der Waals surface area contributed by atoms with Gasteiger partial charge in [0.05, 0.1) is 6.04 Å². The Balaban J connectivity index is 2.02. The van der Waals surface area contributed by atoms with Crippen molar-refractivity contribution in [2.75, 3.05) is 5.75 Å². The predicted octanol–water partition coefficient (Wildman–Crippen LogP) is 4.33. The Kier molecular flexibility index (Phi) is 7.25. The van der Waals surface area contributed by atoms with E-state index in [-0.39, 0.29) is 30.0 Å². The molecule has 0 fully saturated rings. The van der Waals surface area contributed by atoms with Crippen molar-refractivity contribution in [1.82, 2.24) is 10.6 Å². The topological polar surface area (TPSA) is 67.4 Å². The Morgan fingerprint density at radius 2 is 1.93 bits per heavy atom. The van der Waals surface area contributed by atoms with Gasteiger partial charge in [0.15, 0.2) is 0 Å². The minimum absolute atomic E-state index is 0.163. The number of fused-ring (bicyclic) bond motifs is 1. The third-order valence-corrected chi connectivity index (χ3v) is 4.90. The third-order valence-electron chi connectivity index (χ3n) is 4.13. The molecule has 0 saturated carbocycles. The van der Waals surface area contributed by atoms with Gasteiger partial charge < -0.3 is 15.4 Å². The first-order chi connectivity index (χ1) is 12.9. The highest BCUT2D eigenvalue weighted by Gasteiger charge is 2.32. The lowest BCUT2D eigenvalue weighted by atomic mass is 10.1. The minimum Gasteiger partial charge on any atom is -0.444 e. The van der Waals surface area contributed by atoms with Crippen molar-refractivity contribution in [1.29, 1.82) is 0 Å². The molecule has 0 bridgehead atoms. The smallest absolute Gasteiger partial charge is 0.441 e. The Hall–Kier alpha value is -1.90. The number of carbonyl (C=O) groups is 2. The first kappa shape index (κ1) is 22.4. The number of amides is 2. The van der Waals surface area contributed by atoms with Crippen molar-refractivity contribution >= 4 is 23.8 Å². The Bertz CT molecular complexity index is 704. The van der Waals surface area contributed by atoms with Gasteiger partial charge in [-0.2, -0.15) is 13.2 Å². The highest BCUT2D eigenvalue weighted by Crippen LogP contribution is 2.32. The second-order valence-corrected chi connectivity index (χ2v) is 8.74. The van der Waals surface area contributed by atoms with Crippen molar-refractivity contribution in [3.8, 4) is 0 Å². The Morgan fingerprint density at radius 1 is 1.25 bits per heavy atom. The molecule has 0 aromatic heterocycles. The Labute approximate surface area is 166 Å². The van der Waals surface area contributed by atoms with Gasteiger partial charge in [-0.15, -0.1) is 0 Å². The number of hydrogen-bond acceptors (Lipinski definition) is 4. The number of carbonyl (C=O) groups excluding carboxylic acids is 2. The fourth-order valence-corrected chi connectivity index (χ4v) is 3.58. The molecule has 0 aliphatic heterocycles. The molecule has 2 amide bonds. The van der Waals surface area contributed by atoms with E-state index in [0.717, 1.165) is 17.5 Å². The second-order valence-electron chi connectivity index (χ2n) is 7.58. The summed E-state index contributed by atoms with van der Waals surface area (Å²) < 4.78 is 42.4. The quantitative estimate of drug-likeness (QED) is 0.722. The van der Waals surface area contributed by atoms with Gasteiger partial charge in [0, 0.05) is 5.75 Å². The van der Waals surface area contributed by atoms with Gasteiger partial charge >= 0.3 is 11.6 Å². The van der Waals surface area contributed by atoms with Crippen LogP contribution < -0.4 is 10.6 Å². The zero-order chi connectivity index (χ0) is 20.9. The fourth-order valence-electron chi connectivity index (χ4n) is 2.99. The normalized spacial score (nSPS) is 17.6. The summed E-state index contributed by atoms with van der Waals surface area (Å²) >= 11 is -0.221. The molecule has 5 nitrogen and oxygen atoms in total. The molecule has 1 aromatic rings. The maximum atomic E-state index is 12.7. The van der Waals surface area contributed by atoms with Crippen LogP contribution in [0.3, 0.4) is 0 Å². The minimum atomic E-state index is -4.39. The number of alkyl halides is 3. The van der Waals surface area contributed by atoms with E-state index in [0.29, 0.717) is 6.42 Å². The molecule has 1 aliphatic carbocycles. The molecule has 0 heterocycles. The lowest BCUT2D eigenvalue weighted by molar-refractivity contribution is -0.124. The van der Waals surface area contributed by atoms with Crippen LogP contribution in [-0.4, -0.2) is 34.9 Å². The van der Waals surface area contributed by atoms with Crippen LogP contribution in [0, 0.1) is 0 Å². The van der Waals surface area contributed by atoms with E-state index in [1.54, 1.807) is 20.8 Å². The van der Waals surface area contributed by atoms with Crippen molar-refractivity contribution in [2.24, 2.45) is 0 Å². The van der Waals surface area contributed by atoms with Crippen LogP contribution in [0.25, 0.3) is 0 Å². The number of benzene rings is 1. The van der Waals surface area contributed by atoms with Gasteiger partial charge in [0.1, 0.15) is 11.6 Å². The highest BCUT2D eigenvalue weighted by molar-refractivity contribution is 8.00. The van der Waals surface area contributed by atoms with Gasteiger partial charge in [-0.3, -0.25) is 4.79 Å². The van der Waals surface area contributed by atoms with E-state index in [1.165, 1.54) is 0 Å². The van der Waals surface area contributed by atoms with Gasteiger partial charge in [-0.05, 0) is 51.2 Å². The van der Waals surface area contributed by atoms with Crippen molar-refractivity contribution in [3.63, 3.8) is 0 Å². The first-order valence-corrected chi connectivity index (χ1v) is 10.0. The number of nitrogens with one attached hydrogen (secondary N) is 2. The molecule has 1 unspecified atom stereocenters. The average Bonchev–Trinajstić information content (AvgIpc) is 2.94. The zero-order valence-electron chi connectivity index (χ0n) is 16.1. The number of hydrogen-bond donors (Lipinski definition) is 2. The van der Waals surface area contributed by atoms with E-state index in [9.17, 15) is 22.8 Å². The third kappa shape index (κ3) is 7.26. The summed E-state index contributed by atoms with van der Waals surface area (Å²) in [7, 11) is 0. The standard InChI is InChI=1S/C19H25F3N2O3S/c1-18(2,3)27-17(26)24-15(10-11-28-19(20,21)22)16(25)23-14-9-8-12-6-4-5-7-13(12)14/h4-7,14-15H,8-11H2,1-3H3,(H,23,25)(H,24,26)/t14?,15-/m0/s1. The maximum Gasteiger partial charge on any atom is 0.441 e. The van der Waals surface area contributed by atoms with E-state index < -0.39 is 29.2 Å². The zero-order valence-corrected chi connectivity index (χ0v) is 16.9. The van der Waals surface area contributed by atoms with Crippen LogP contribution in [0.15, 0.2) is 24.3 Å². The summed E-state index contributed by atoms with van der Waals surface area (Å²) in [6.07, 6.45) is 0.525. The second kappa shape index (κ2) is 9.07. The van der Waals surface area contributed by atoms with Crippen LogP contribution in [0.4, 0.5) is 18.0 Å². The first-order valence-electron chi connectivity index (χ1n) is 9.03. The molecule has 1 aromatic carbocycles. The predicted molar refractivity (Wildman–Crippen MR) is 102 cm³/mol. The number of ether oxygens (including phenoxy) is 1. The Morgan fingerprint density at radius 3 is 2.57 bits per heavy atom. The molecule has 28 heavy (non-hydrogen) atoms. The molecule has 2 N–H and O–H groups in total. The molecular weight excluding hydrogens is 393 g/mol. The van der Waals surface area contributed by atoms with Crippen LogP contribution in [0.1, 0.15) is 50.8 Å².